The molecule has 0 amide bonds. The van der Waals surface area contributed by atoms with Crippen LogP contribution in [0, 0.1) is 0 Å². The minimum atomic E-state index is 0.557. The molecule has 10 aromatic rings. The zero-order valence-electron chi connectivity index (χ0n) is 26.9. The molecule has 3 aromatic heterocycles. The van der Waals surface area contributed by atoms with Gasteiger partial charge >= 0.3 is 0 Å². The van der Waals surface area contributed by atoms with Crippen molar-refractivity contribution in [2.24, 2.45) is 0 Å². The van der Waals surface area contributed by atoms with Gasteiger partial charge in [0, 0.05) is 32.7 Å². The Morgan fingerprint density at radius 1 is 0.360 bits per heavy atom. The number of fused-ring (bicyclic) bond motifs is 6. The van der Waals surface area contributed by atoms with Crippen LogP contribution in [0.25, 0.3) is 94.7 Å². The third kappa shape index (κ3) is 4.52. The first-order valence-corrected chi connectivity index (χ1v) is 16.7. The van der Waals surface area contributed by atoms with Crippen LogP contribution in [0.1, 0.15) is 0 Å². The van der Waals surface area contributed by atoms with Gasteiger partial charge in [0.15, 0.2) is 23.1 Å². The van der Waals surface area contributed by atoms with Crippen LogP contribution in [0.4, 0.5) is 0 Å². The van der Waals surface area contributed by atoms with Gasteiger partial charge in [0.2, 0.25) is 0 Å². The lowest BCUT2D eigenvalue weighted by Gasteiger charge is -2.10. The molecule has 0 saturated carbocycles. The number of nitrogens with zero attached hydrogens (tertiary/aromatic N) is 4. The first-order chi connectivity index (χ1) is 24.8. The van der Waals surface area contributed by atoms with E-state index in [1.807, 2.05) is 42.5 Å². The number of rotatable bonds is 5. The highest BCUT2D eigenvalue weighted by Gasteiger charge is 2.21. The van der Waals surface area contributed by atoms with Crippen molar-refractivity contribution in [3.8, 4) is 51.0 Å². The van der Waals surface area contributed by atoms with Gasteiger partial charge in [0.1, 0.15) is 5.58 Å². The van der Waals surface area contributed by atoms with Crippen molar-refractivity contribution in [1.29, 1.82) is 0 Å². The standard InChI is InChI=1S/C45H28N4O/c1-3-14-29(15-4-1)31-18-11-19-32(28-31)44-46-43(30-16-5-2-6-17-30)47-45(48-44)37-24-12-22-35-36-23-13-27-40(42(36)50-41(35)37)49-38-25-9-7-20-33(38)34-21-8-10-26-39(34)49/h1-28H. The fourth-order valence-electron chi connectivity index (χ4n) is 7.15. The van der Waals surface area contributed by atoms with E-state index in [4.69, 9.17) is 19.4 Å². The molecular formula is C45H28N4O. The molecule has 0 N–H and O–H groups in total. The third-order valence-electron chi connectivity index (χ3n) is 9.46. The number of furan rings is 1. The second-order valence-electron chi connectivity index (χ2n) is 12.4. The maximum absolute atomic E-state index is 6.94. The van der Waals surface area contributed by atoms with Gasteiger partial charge in [-0.15, -0.1) is 0 Å². The summed E-state index contributed by atoms with van der Waals surface area (Å²) >= 11 is 0. The van der Waals surface area contributed by atoms with Crippen LogP contribution < -0.4 is 0 Å². The van der Waals surface area contributed by atoms with Gasteiger partial charge < -0.3 is 8.98 Å². The van der Waals surface area contributed by atoms with Crippen molar-refractivity contribution in [3.05, 3.63) is 170 Å². The fraction of sp³-hybridized carbons (Fsp3) is 0. The number of aromatic nitrogens is 4. The molecule has 0 fully saturated rings. The summed E-state index contributed by atoms with van der Waals surface area (Å²) in [6.45, 7) is 0. The maximum Gasteiger partial charge on any atom is 0.167 e. The zero-order chi connectivity index (χ0) is 33.0. The second kappa shape index (κ2) is 11.4. The molecule has 0 saturated heterocycles. The third-order valence-corrected chi connectivity index (χ3v) is 9.46. The molecule has 0 radical (unpaired) electrons. The van der Waals surface area contributed by atoms with Crippen LogP contribution in [0.3, 0.4) is 0 Å². The lowest BCUT2D eigenvalue weighted by molar-refractivity contribution is 0.667. The molecule has 0 spiro atoms. The van der Waals surface area contributed by atoms with Gasteiger partial charge in [-0.1, -0.05) is 140 Å². The lowest BCUT2D eigenvalue weighted by Crippen LogP contribution is -2.00. The van der Waals surface area contributed by atoms with Gasteiger partial charge in [-0.3, -0.25) is 0 Å². The van der Waals surface area contributed by atoms with Crippen molar-refractivity contribution in [3.63, 3.8) is 0 Å². The quantitative estimate of drug-likeness (QED) is 0.188. The van der Waals surface area contributed by atoms with Crippen LogP contribution in [0.2, 0.25) is 0 Å². The van der Waals surface area contributed by atoms with Crippen molar-refractivity contribution in [1.82, 2.24) is 19.5 Å². The molecule has 5 nitrogen and oxygen atoms in total. The van der Waals surface area contributed by atoms with Gasteiger partial charge in [0.05, 0.1) is 22.3 Å². The van der Waals surface area contributed by atoms with E-state index in [9.17, 15) is 0 Å². The van der Waals surface area contributed by atoms with E-state index in [-0.39, 0.29) is 0 Å². The average Bonchev–Trinajstić information content (AvgIpc) is 3.75. The Bertz CT molecular complexity index is 2820. The molecule has 50 heavy (non-hydrogen) atoms. The smallest absolute Gasteiger partial charge is 0.167 e. The zero-order valence-corrected chi connectivity index (χ0v) is 26.9. The van der Waals surface area contributed by atoms with E-state index in [1.54, 1.807) is 0 Å². The number of benzene rings is 7. The van der Waals surface area contributed by atoms with Crippen molar-refractivity contribution < 1.29 is 4.42 Å². The van der Waals surface area contributed by atoms with E-state index < -0.39 is 0 Å². The first kappa shape index (κ1) is 28.2. The van der Waals surface area contributed by atoms with Crippen LogP contribution >= 0.6 is 0 Å². The number of hydrogen-bond donors (Lipinski definition) is 0. The molecule has 0 atom stereocenters. The van der Waals surface area contributed by atoms with E-state index in [0.29, 0.717) is 17.5 Å². The summed E-state index contributed by atoms with van der Waals surface area (Å²) in [6.07, 6.45) is 0. The van der Waals surface area contributed by atoms with Crippen molar-refractivity contribution in [2.45, 2.75) is 0 Å². The lowest BCUT2D eigenvalue weighted by atomic mass is 10.0. The summed E-state index contributed by atoms with van der Waals surface area (Å²) < 4.78 is 9.25. The molecule has 0 bridgehead atoms. The van der Waals surface area contributed by atoms with Crippen molar-refractivity contribution in [2.75, 3.05) is 0 Å². The Kier molecular flexibility index (Phi) is 6.42. The Hall–Kier alpha value is -6.85. The molecule has 10 rings (SSSR count). The molecule has 0 aliphatic rings. The van der Waals surface area contributed by atoms with Gasteiger partial charge in [-0.2, -0.15) is 0 Å². The predicted molar refractivity (Wildman–Crippen MR) is 203 cm³/mol. The number of hydrogen-bond acceptors (Lipinski definition) is 4. The van der Waals surface area contributed by atoms with Crippen LogP contribution in [0.5, 0.6) is 0 Å². The highest BCUT2D eigenvalue weighted by Crippen LogP contribution is 2.40. The SMILES string of the molecule is c1ccc(-c2cccc(-c3nc(-c4ccccc4)nc(-c4cccc5c4oc4c(-n6c7ccccc7c7ccccc76)cccc45)n3)c2)cc1. The Balaban J connectivity index is 1.20. The molecule has 3 heterocycles. The maximum atomic E-state index is 6.94. The monoisotopic (exact) mass is 640 g/mol. The summed E-state index contributed by atoms with van der Waals surface area (Å²) in [6, 6.07) is 58.5. The molecule has 0 aliphatic carbocycles. The van der Waals surface area contributed by atoms with Gasteiger partial charge in [0.25, 0.3) is 0 Å². The molecular weight excluding hydrogens is 613 g/mol. The molecule has 5 heteroatoms. The topological polar surface area (TPSA) is 56.7 Å². The van der Waals surface area contributed by atoms with E-state index >= 15 is 0 Å². The normalized spacial score (nSPS) is 11.6. The predicted octanol–water partition coefficient (Wildman–Crippen LogP) is 11.5. The van der Waals surface area contributed by atoms with Crippen molar-refractivity contribution >= 4 is 43.7 Å². The minimum absolute atomic E-state index is 0.557. The second-order valence-corrected chi connectivity index (χ2v) is 12.4. The molecule has 7 aromatic carbocycles. The molecule has 0 aliphatic heterocycles. The Labute approximate surface area is 287 Å². The summed E-state index contributed by atoms with van der Waals surface area (Å²) in [5.74, 6) is 1.77. The largest absolute Gasteiger partial charge is 0.453 e. The highest BCUT2D eigenvalue weighted by molar-refractivity contribution is 6.14. The van der Waals surface area contributed by atoms with Crippen LogP contribution in [-0.2, 0) is 0 Å². The number of para-hydroxylation sites is 4. The summed E-state index contributed by atoms with van der Waals surface area (Å²) in [5.41, 5.74) is 9.69. The van der Waals surface area contributed by atoms with E-state index in [2.05, 4.69) is 132 Å². The summed E-state index contributed by atoms with van der Waals surface area (Å²) in [5, 5.41) is 4.46. The summed E-state index contributed by atoms with van der Waals surface area (Å²) in [4.78, 5) is 15.2. The molecule has 0 unspecified atom stereocenters. The minimum Gasteiger partial charge on any atom is -0.453 e. The first-order valence-electron chi connectivity index (χ1n) is 16.7. The fourth-order valence-corrected chi connectivity index (χ4v) is 7.15. The summed E-state index contributed by atoms with van der Waals surface area (Å²) in [7, 11) is 0. The average molecular weight is 641 g/mol. The van der Waals surface area contributed by atoms with Crippen LogP contribution in [-0.4, -0.2) is 19.5 Å². The Morgan fingerprint density at radius 2 is 0.860 bits per heavy atom. The highest BCUT2D eigenvalue weighted by atomic mass is 16.3. The van der Waals surface area contributed by atoms with E-state index in [0.717, 1.165) is 66.5 Å². The van der Waals surface area contributed by atoms with Gasteiger partial charge in [-0.05, 0) is 41.5 Å². The van der Waals surface area contributed by atoms with Crippen LogP contribution in [0.15, 0.2) is 174 Å². The van der Waals surface area contributed by atoms with E-state index in [1.165, 1.54) is 10.8 Å². The molecule has 234 valence electrons. The Morgan fingerprint density at radius 3 is 1.58 bits per heavy atom. The van der Waals surface area contributed by atoms with Gasteiger partial charge in [-0.25, -0.2) is 15.0 Å².